The molecule has 0 aromatic carbocycles. The van der Waals surface area contributed by atoms with E-state index in [9.17, 15) is 4.79 Å². The zero-order chi connectivity index (χ0) is 19.9. The molecule has 0 heterocycles. The van der Waals surface area contributed by atoms with E-state index in [2.05, 4.69) is 6.92 Å². The van der Waals surface area contributed by atoms with Crippen LogP contribution in [-0.4, -0.2) is 34.4 Å². The molecular weight excluding hydrogens is 326 g/mol. The molecule has 26 heavy (non-hydrogen) atoms. The highest BCUT2D eigenvalue weighted by atomic mass is 16.5. The maximum Gasteiger partial charge on any atom is 0.303 e. The van der Waals surface area contributed by atoms with Gasteiger partial charge in [-0.05, 0) is 6.42 Å². The standard InChI is InChI=1S/C18H36O2.C4H11NO/c1-2-3-4-5-6-7-8-9-10-11-12-13-14-15-16-17-18(19)20;1-3-5(6)4-2/h2-17H2,1H3,(H,19,20);6H,3-4H2,1-2H3. The molecule has 4 heteroatoms. The molecule has 0 rings (SSSR count). The molecule has 0 amide bonds. The first-order valence-corrected chi connectivity index (χ1v) is 11.2. The summed E-state index contributed by atoms with van der Waals surface area (Å²) < 4.78 is 0. The molecule has 0 bridgehead atoms. The van der Waals surface area contributed by atoms with Gasteiger partial charge in [0.25, 0.3) is 0 Å². The molecule has 0 saturated heterocycles. The van der Waals surface area contributed by atoms with E-state index >= 15 is 0 Å². The van der Waals surface area contributed by atoms with E-state index in [1.807, 2.05) is 13.8 Å². The Kier molecular flexibility index (Phi) is 25.9. The molecule has 0 aromatic heterocycles. The van der Waals surface area contributed by atoms with Crippen molar-refractivity contribution in [3.05, 3.63) is 0 Å². The molecule has 0 atom stereocenters. The third-order valence-corrected chi connectivity index (χ3v) is 4.72. The van der Waals surface area contributed by atoms with Gasteiger partial charge in [0.15, 0.2) is 0 Å². The molecule has 0 saturated carbocycles. The van der Waals surface area contributed by atoms with E-state index in [4.69, 9.17) is 10.3 Å². The summed E-state index contributed by atoms with van der Waals surface area (Å²) in [6.07, 6.45) is 20.2. The largest absolute Gasteiger partial charge is 0.481 e. The minimum absolute atomic E-state index is 0.345. The summed E-state index contributed by atoms with van der Waals surface area (Å²) in [5.74, 6) is -0.653. The van der Waals surface area contributed by atoms with Crippen molar-refractivity contribution < 1.29 is 15.1 Å². The normalized spacial score (nSPS) is 10.7. The predicted molar refractivity (Wildman–Crippen MR) is 112 cm³/mol. The predicted octanol–water partition coefficient (Wildman–Crippen LogP) is 7.05. The summed E-state index contributed by atoms with van der Waals surface area (Å²) in [6.45, 7) is 7.52. The van der Waals surface area contributed by atoms with Crippen molar-refractivity contribution in [2.24, 2.45) is 0 Å². The van der Waals surface area contributed by atoms with Gasteiger partial charge in [-0.2, -0.15) is 5.06 Å². The van der Waals surface area contributed by atoms with Crippen LogP contribution < -0.4 is 0 Å². The number of hydrogen-bond acceptors (Lipinski definition) is 3. The van der Waals surface area contributed by atoms with Crippen LogP contribution >= 0.6 is 0 Å². The Morgan fingerprint density at radius 1 is 0.615 bits per heavy atom. The van der Waals surface area contributed by atoms with E-state index in [0.29, 0.717) is 6.42 Å². The Bertz CT molecular complexity index is 268. The van der Waals surface area contributed by atoms with Gasteiger partial charge in [0.05, 0.1) is 0 Å². The average Bonchev–Trinajstić information content (AvgIpc) is 2.64. The first kappa shape index (κ1) is 27.6. The SMILES string of the molecule is CCCCCCCCCCCCCCCCCC(=O)O.CCN(O)CC. The van der Waals surface area contributed by atoms with Crippen molar-refractivity contribution in [3.63, 3.8) is 0 Å². The number of hydroxylamine groups is 2. The van der Waals surface area contributed by atoms with Crippen LogP contribution in [0.2, 0.25) is 0 Å². The summed E-state index contributed by atoms with van der Waals surface area (Å²) in [7, 11) is 0. The Morgan fingerprint density at radius 2 is 0.923 bits per heavy atom. The van der Waals surface area contributed by atoms with Crippen molar-refractivity contribution in [1.29, 1.82) is 0 Å². The lowest BCUT2D eigenvalue weighted by Gasteiger charge is -2.05. The quantitative estimate of drug-likeness (QED) is 0.199. The lowest BCUT2D eigenvalue weighted by atomic mass is 10.0. The molecule has 0 aliphatic rings. The number of aliphatic carboxylic acids is 1. The average molecular weight is 374 g/mol. The summed E-state index contributed by atoms with van der Waals surface area (Å²) in [6, 6.07) is 0. The molecule has 0 aliphatic carbocycles. The summed E-state index contributed by atoms with van der Waals surface area (Å²) >= 11 is 0. The number of nitrogens with zero attached hydrogens (tertiary/aromatic N) is 1. The summed E-state index contributed by atoms with van der Waals surface area (Å²) in [5, 5.41) is 18.3. The smallest absolute Gasteiger partial charge is 0.303 e. The fraction of sp³-hybridized carbons (Fsp3) is 0.955. The van der Waals surface area contributed by atoms with Gasteiger partial charge in [-0.15, -0.1) is 0 Å². The Hall–Kier alpha value is -0.610. The van der Waals surface area contributed by atoms with Crippen LogP contribution in [0.15, 0.2) is 0 Å². The lowest BCUT2D eigenvalue weighted by molar-refractivity contribution is -0.137. The number of hydrogen-bond donors (Lipinski definition) is 2. The molecule has 0 aromatic rings. The molecule has 0 unspecified atom stereocenters. The third-order valence-electron chi connectivity index (χ3n) is 4.72. The number of carboxylic acids is 1. The van der Waals surface area contributed by atoms with Gasteiger partial charge in [-0.1, -0.05) is 111 Å². The highest BCUT2D eigenvalue weighted by Gasteiger charge is 1.97. The van der Waals surface area contributed by atoms with Gasteiger partial charge in [0, 0.05) is 19.5 Å². The fourth-order valence-corrected chi connectivity index (χ4v) is 2.87. The molecule has 0 radical (unpaired) electrons. The van der Waals surface area contributed by atoms with Crippen LogP contribution in [0.5, 0.6) is 0 Å². The first-order chi connectivity index (χ1) is 12.6. The van der Waals surface area contributed by atoms with Gasteiger partial charge >= 0.3 is 5.97 Å². The molecule has 0 spiro atoms. The number of carboxylic acid groups (broad SMARTS) is 1. The highest BCUT2D eigenvalue weighted by Crippen LogP contribution is 2.13. The van der Waals surface area contributed by atoms with Crippen LogP contribution in [0, 0.1) is 0 Å². The Labute approximate surface area is 163 Å². The zero-order valence-corrected chi connectivity index (χ0v) is 18.0. The van der Waals surface area contributed by atoms with Crippen LogP contribution in [0.25, 0.3) is 0 Å². The topological polar surface area (TPSA) is 60.8 Å². The fourth-order valence-electron chi connectivity index (χ4n) is 2.87. The molecule has 0 fully saturated rings. The maximum atomic E-state index is 10.3. The molecular formula is C22H47NO3. The van der Waals surface area contributed by atoms with E-state index in [-0.39, 0.29) is 0 Å². The highest BCUT2D eigenvalue weighted by molar-refractivity contribution is 5.66. The van der Waals surface area contributed by atoms with Crippen LogP contribution in [0.4, 0.5) is 0 Å². The minimum Gasteiger partial charge on any atom is -0.481 e. The number of carbonyl (C=O) groups is 1. The monoisotopic (exact) mass is 373 g/mol. The van der Waals surface area contributed by atoms with Crippen LogP contribution in [-0.2, 0) is 4.79 Å². The maximum absolute atomic E-state index is 10.3. The number of unbranched alkanes of at least 4 members (excludes halogenated alkanes) is 14. The van der Waals surface area contributed by atoms with Gasteiger partial charge in [-0.3, -0.25) is 4.79 Å². The second-order valence-corrected chi connectivity index (χ2v) is 7.23. The third kappa shape index (κ3) is 28.2. The van der Waals surface area contributed by atoms with E-state index in [1.165, 1.54) is 88.5 Å². The second-order valence-electron chi connectivity index (χ2n) is 7.23. The molecule has 158 valence electrons. The zero-order valence-electron chi connectivity index (χ0n) is 18.0. The molecule has 4 nitrogen and oxygen atoms in total. The Morgan fingerprint density at radius 3 is 1.15 bits per heavy atom. The van der Waals surface area contributed by atoms with Crippen molar-refractivity contribution in [1.82, 2.24) is 5.06 Å². The Balaban J connectivity index is 0. The van der Waals surface area contributed by atoms with E-state index in [0.717, 1.165) is 25.9 Å². The van der Waals surface area contributed by atoms with Gasteiger partial charge in [-0.25, -0.2) is 0 Å². The van der Waals surface area contributed by atoms with Crippen molar-refractivity contribution in [3.8, 4) is 0 Å². The minimum atomic E-state index is -0.653. The lowest BCUT2D eigenvalue weighted by Crippen LogP contribution is -2.16. The molecule has 0 aliphatic heterocycles. The van der Waals surface area contributed by atoms with Crippen molar-refractivity contribution >= 4 is 5.97 Å². The second kappa shape index (κ2) is 24.4. The van der Waals surface area contributed by atoms with E-state index < -0.39 is 5.97 Å². The molecule has 2 N–H and O–H groups in total. The summed E-state index contributed by atoms with van der Waals surface area (Å²) in [4.78, 5) is 10.3. The van der Waals surface area contributed by atoms with Gasteiger partial charge < -0.3 is 10.3 Å². The van der Waals surface area contributed by atoms with Gasteiger partial charge in [0.2, 0.25) is 0 Å². The van der Waals surface area contributed by atoms with Crippen molar-refractivity contribution in [2.45, 2.75) is 124 Å². The van der Waals surface area contributed by atoms with Crippen LogP contribution in [0.1, 0.15) is 124 Å². The number of rotatable bonds is 18. The van der Waals surface area contributed by atoms with Gasteiger partial charge in [0.1, 0.15) is 0 Å². The summed E-state index contributed by atoms with van der Waals surface area (Å²) in [5.41, 5.74) is 0. The van der Waals surface area contributed by atoms with Crippen LogP contribution in [0.3, 0.4) is 0 Å². The first-order valence-electron chi connectivity index (χ1n) is 11.2. The van der Waals surface area contributed by atoms with Crippen molar-refractivity contribution in [2.75, 3.05) is 13.1 Å². The van der Waals surface area contributed by atoms with E-state index in [1.54, 1.807) is 0 Å².